The summed E-state index contributed by atoms with van der Waals surface area (Å²) in [5.74, 6) is 0.0958. The number of hydrogen-bond donors (Lipinski definition) is 1. The van der Waals surface area contributed by atoms with Crippen molar-refractivity contribution >= 4 is 5.91 Å². The molecule has 0 unspecified atom stereocenters. The van der Waals surface area contributed by atoms with Crippen molar-refractivity contribution in [3.05, 3.63) is 0 Å². The smallest absolute Gasteiger partial charge is 0.239 e. The lowest BCUT2D eigenvalue weighted by molar-refractivity contribution is -0.132. The molecule has 0 aromatic heterocycles. The zero-order chi connectivity index (χ0) is 10.3. The highest BCUT2D eigenvalue weighted by Crippen LogP contribution is 2.02. The van der Waals surface area contributed by atoms with Gasteiger partial charge in [0, 0.05) is 13.1 Å². The Morgan fingerprint density at radius 2 is 1.85 bits per heavy atom. The van der Waals surface area contributed by atoms with E-state index in [0.717, 1.165) is 32.4 Å². The van der Waals surface area contributed by atoms with Crippen molar-refractivity contribution in [2.45, 2.75) is 46.1 Å². The molecule has 0 heterocycles. The third-order valence-corrected chi connectivity index (χ3v) is 2.26. The molecule has 1 amide bonds. The van der Waals surface area contributed by atoms with Crippen LogP contribution in [0.15, 0.2) is 0 Å². The van der Waals surface area contributed by atoms with Gasteiger partial charge >= 0.3 is 0 Å². The van der Waals surface area contributed by atoms with Crippen molar-refractivity contribution in [2.24, 2.45) is 5.73 Å². The molecule has 0 saturated carbocycles. The first-order chi connectivity index (χ1) is 6.17. The van der Waals surface area contributed by atoms with Gasteiger partial charge in [-0.2, -0.15) is 0 Å². The maximum Gasteiger partial charge on any atom is 0.239 e. The van der Waals surface area contributed by atoms with Crippen LogP contribution < -0.4 is 5.73 Å². The van der Waals surface area contributed by atoms with Crippen molar-refractivity contribution in [2.75, 3.05) is 13.1 Å². The van der Waals surface area contributed by atoms with Gasteiger partial charge in [-0.05, 0) is 20.3 Å². The molecular weight excluding hydrogens is 164 g/mol. The highest BCUT2D eigenvalue weighted by molar-refractivity contribution is 5.81. The van der Waals surface area contributed by atoms with Gasteiger partial charge in [-0.3, -0.25) is 4.79 Å². The van der Waals surface area contributed by atoms with E-state index in [4.69, 9.17) is 5.73 Å². The molecule has 2 N–H and O–H groups in total. The number of amides is 1. The van der Waals surface area contributed by atoms with E-state index in [1.54, 1.807) is 4.90 Å². The van der Waals surface area contributed by atoms with Gasteiger partial charge in [0.25, 0.3) is 0 Å². The lowest BCUT2D eigenvalue weighted by atomic mass is 10.1. The van der Waals surface area contributed by atoms with Crippen molar-refractivity contribution < 1.29 is 4.79 Å². The number of carbonyl (C=O) groups is 1. The number of likely N-dealkylation sites (N-methyl/N-ethyl adjacent to an activating group) is 1. The predicted octanol–water partition coefficient (Wildman–Crippen LogP) is 1.37. The Kier molecular flexibility index (Phi) is 6.59. The fourth-order valence-corrected chi connectivity index (χ4v) is 1.32. The van der Waals surface area contributed by atoms with Crippen LogP contribution in [-0.4, -0.2) is 29.9 Å². The Hall–Kier alpha value is -0.570. The summed E-state index contributed by atoms with van der Waals surface area (Å²) in [6.45, 7) is 7.58. The van der Waals surface area contributed by atoms with Crippen LogP contribution in [0.2, 0.25) is 0 Å². The molecule has 0 radical (unpaired) electrons. The molecule has 1 atom stereocenters. The summed E-state index contributed by atoms with van der Waals surface area (Å²) in [5, 5.41) is 0. The quantitative estimate of drug-likeness (QED) is 0.681. The van der Waals surface area contributed by atoms with Gasteiger partial charge in [0.15, 0.2) is 0 Å². The predicted molar refractivity (Wildman–Crippen MR) is 55.4 cm³/mol. The molecule has 0 saturated heterocycles. The average molecular weight is 186 g/mol. The molecule has 0 aromatic carbocycles. The topological polar surface area (TPSA) is 46.3 Å². The Bertz CT molecular complexity index is 144. The SMILES string of the molecule is CCCC[C@H](N)C(=O)N(CC)CC. The lowest BCUT2D eigenvalue weighted by Crippen LogP contribution is -2.43. The first kappa shape index (κ1) is 12.4. The van der Waals surface area contributed by atoms with Gasteiger partial charge in [-0.25, -0.2) is 0 Å². The van der Waals surface area contributed by atoms with Crippen LogP contribution in [0.4, 0.5) is 0 Å². The van der Waals surface area contributed by atoms with Crippen LogP contribution in [-0.2, 0) is 4.79 Å². The number of nitrogens with zero attached hydrogens (tertiary/aromatic N) is 1. The van der Waals surface area contributed by atoms with Crippen molar-refractivity contribution in [1.82, 2.24) is 4.90 Å². The van der Waals surface area contributed by atoms with Crippen molar-refractivity contribution in [1.29, 1.82) is 0 Å². The molecule has 0 spiro atoms. The number of nitrogens with two attached hydrogens (primary N) is 1. The third-order valence-electron chi connectivity index (χ3n) is 2.26. The molecule has 13 heavy (non-hydrogen) atoms. The van der Waals surface area contributed by atoms with Gasteiger partial charge in [-0.15, -0.1) is 0 Å². The molecule has 0 aliphatic carbocycles. The number of carbonyl (C=O) groups excluding carboxylic acids is 1. The third kappa shape index (κ3) is 4.27. The van der Waals surface area contributed by atoms with Crippen LogP contribution in [0.25, 0.3) is 0 Å². The van der Waals surface area contributed by atoms with E-state index in [1.807, 2.05) is 13.8 Å². The summed E-state index contributed by atoms with van der Waals surface area (Å²) < 4.78 is 0. The van der Waals surface area contributed by atoms with Crippen LogP contribution in [0, 0.1) is 0 Å². The van der Waals surface area contributed by atoms with Crippen LogP contribution in [0.1, 0.15) is 40.0 Å². The Balaban J connectivity index is 3.92. The summed E-state index contributed by atoms with van der Waals surface area (Å²) in [4.78, 5) is 13.4. The monoisotopic (exact) mass is 186 g/mol. The second kappa shape index (κ2) is 6.89. The van der Waals surface area contributed by atoms with Gasteiger partial charge in [0.2, 0.25) is 5.91 Å². The Morgan fingerprint density at radius 1 is 1.31 bits per heavy atom. The first-order valence-corrected chi connectivity index (χ1v) is 5.21. The zero-order valence-electron chi connectivity index (χ0n) is 9.05. The maximum absolute atomic E-state index is 11.6. The molecular formula is C10H22N2O. The van der Waals surface area contributed by atoms with Crippen LogP contribution >= 0.6 is 0 Å². The van der Waals surface area contributed by atoms with E-state index in [0.29, 0.717) is 0 Å². The van der Waals surface area contributed by atoms with E-state index in [2.05, 4.69) is 6.92 Å². The number of unbranched alkanes of at least 4 members (excludes halogenated alkanes) is 1. The normalized spacial score (nSPS) is 12.6. The van der Waals surface area contributed by atoms with Gasteiger partial charge < -0.3 is 10.6 Å². The lowest BCUT2D eigenvalue weighted by Gasteiger charge is -2.22. The van der Waals surface area contributed by atoms with Crippen LogP contribution in [0.3, 0.4) is 0 Å². The molecule has 0 aromatic rings. The van der Waals surface area contributed by atoms with Crippen molar-refractivity contribution in [3.8, 4) is 0 Å². The van der Waals surface area contributed by atoms with Gasteiger partial charge in [-0.1, -0.05) is 19.8 Å². The first-order valence-electron chi connectivity index (χ1n) is 5.21. The van der Waals surface area contributed by atoms with E-state index in [9.17, 15) is 4.79 Å². The second-order valence-electron chi connectivity index (χ2n) is 3.26. The molecule has 0 aliphatic heterocycles. The highest BCUT2D eigenvalue weighted by Gasteiger charge is 2.17. The molecule has 0 rings (SSSR count). The highest BCUT2D eigenvalue weighted by atomic mass is 16.2. The largest absolute Gasteiger partial charge is 0.342 e. The minimum atomic E-state index is -0.292. The minimum Gasteiger partial charge on any atom is -0.342 e. The summed E-state index contributed by atoms with van der Waals surface area (Å²) in [5.41, 5.74) is 5.76. The van der Waals surface area contributed by atoms with E-state index in [-0.39, 0.29) is 11.9 Å². The molecule has 0 aliphatic rings. The second-order valence-corrected chi connectivity index (χ2v) is 3.26. The Morgan fingerprint density at radius 3 is 2.23 bits per heavy atom. The summed E-state index contributed by atoms with van der Waals surface area (Å²) in [6, 6.07) is -0.292. The van der Waals surface area contributed by atoms with E-state index in [1.165, 1.54) is 0 Å². The molecule has 3 heteroatoms. The molecule has 3 nitrogen and oxygen atoms in total. The van der Waals surface area contributed by atoms with E-state index >= 15 is 0 Å². The number of rotatable bonds is 6. The Labute approximate surface area is 81.3 Å². The van der Waals surface area contributed by atoms with Gasteiger partial charge in [0.05, 0.1) is 6.04 Å². The average Bonchev–Trinajstić information content (AvgIpc) is 2.15. The summed E-state index contributed by atoms with van der Waals surface area (Å²) in [6.07, 6.45) is 2.94. The van der Waals surface area contributed by atoms with Crippen molar-refractivity contribution in [3.63, 3.8) is 0 Å². The molecule has 78 valence electrons. The number of hydrogen-bond acceptors (Lipinski definition) is 2. The molecule has 0 fully saturated rings. The minimum absolute atomic E-state index is 0.0958. The molecule has 0 bridgehead atoms. The standard InChI is InChI=1S/C10H22N2O/c1-4-7-8-9(11)10(13)12(5-2)6-3/h9H,4-8,11H2,1-3H3/t9-/m0/s1. The maximum atomic E-state index is 11.6. The van der Waals surface area contributed by atoms with E-state index < -0.39 is 0 Å². The summed E-state index contributed by atoms with van der Waals surface area (Å²) >= 11 is 0. The summed E-state index contributed by atoms with van der Waals surface area (Å²) in [7, 11) is 0. The van der Waals surface area contributed by atoms with Gasteiger partial charge in [0.1, 0.15) is 0 Å². The zero-order valence-corrected chi connectivity index (χ0v) is 9.05. The van der Waals surface area contributed by atoms with Crippen LogP contribution in [0.5, 0.6) is 0 Å². The fourth-order valence-electron chi connectivity index (χ4n) is 1.32. The fraction of sp³-hybridized carbons (Fsp3) is 0.900.